The third-order valence-corrected chi connectivity index (χ3v) is 4.03. The average molecular weight is 332 g/mol. The molecule has 20 heavy (non-hydrogen) atoms. The summed E-state index contributed by atoms with van der Waals surface area (Å²) < 4.78 is 18.6. The lowest BCUT2D eigenvalue weighted by Crippen LogP contribution is -2.01. The quantitative estimate of drug-likeness (QED) is 0.481. The zero-order chi connectivity index (χ0) is 14.5. The zero-order valence-electron chi connectivity index (χ0n) is 10.4. The van der Waals surface area contributed by atoms with Crippen molar-refractivity contribution in [3.8, 4) is 5.75 Å². The second-order valence-electron chi connectivity index (χ2n) is 3.95. The number of ether oxygens (including phenoxy) is 1. The van der Waals surface area contributed by atoms with Gasteiger partial charge in [-0.05, 0) is 36.4 Å². The smallest absolute Gasteiger partial charge is 0.138 e. The summed E-state index contributed by atoms with van der Waals surface area (Å²) in [6.45, 7) is 0.433. The Labute approximate surface area is 131 Å². The van der Waals surface area contributed by atoms with Gasteiger partial charge in [0.05, 0.1) is 11.6 Å². The fourth-order valence-corrected chi connectivity index (χ4v) is 2.81. The number of nitrogen functional groups attached to an aromatic ring is 1. The molecule has 0 unspecified atom stereocenters. The Hall–Kier alpha value is -1.10. The number of hydrogen-bond acceptors (Lipinski definition) is 3. The summed E-state index contributed by atoms with van der Waals surface area (Å²) in [6.07, 6.45) is 0. The highest BCUT2D eigenvalue weighted by molar-refractivity contribution is 7.99. The van der Waals surface area contributed by atoms with E-state index in [9.17, 15) is 4.39 Å². The first-order valence-electron chi connectivity index (χ1n) is 5.82. The summed E-state index contributed by atoms with van der Waals surface area (Å²) in [5.74, 6) is 0.902. The Morgan fingerprint density at radius 1 is 1.15 bits per heavy atom. The van der Waals surface area contributed by atoms with Gasteiger partial charge in [-0.2, -0.15) is 0 Å². The predicted octanol–water partition coefficient (Wildman–Crippen LogP) is 4.89. The van der Waals surface area contributed by atoms with E-state index in [0.717, 1.165) is 0 Å². The molecule has 2 rings (SSSR count). The summed E-state index contributed by atoms with van der Waals surface area (Å²) in [6, 6.07) is 9.34. The van der Waals surface area contributed by atoms with Crippen LogP contribution in [0.4, 0.5) is 10.1 Å². The number of thioether (sulfide) groups is 1. The number of rotatable bonds is 5. The van der Waals surface area contributed by atoms with Gasteiger partial charge in [-0.25, -0.2) is 4.39 Å². The van der Waals surface area contributed by atoms with Gasteiger partial charge in [0.15, 0.2) is 0 Å². The van der Waals surface area contributed by atoms with Gasteiger partial charge in [-0.1, -0.05) is 23.2 Å². The molecule has 0 aliphatic carbocycles. The van der Waals surface area contributed by atoms with Crippen molar-refractivity contribution in [2.24, 2.45) is 0 Å². The molecule has 2 aromatic rings. The van der Waals surface area contributed by atoms with E-state index in [0.29, 0.717) is 38.7 Å². The van der Waals surface area contributed by atoms with Crippen LogP contribution < -0.4 is 10.5 Å². The maximum atomic E-state index is 13.1. The lowest BCUT2D eigenvalue weighted by molar-refractivity contribution is 0.344. The van der Waals surface area contributed by atoms with Gasteiger partial charge >= 0.3 is 0 Å². The third kappa shape index (κ3) is 4.20. The zero-order valence-corrected chi connectivity index (χ0v) is 12.7. The molecule has 0 aliphatic rings. The Morgan fingerprint density at radius 3 is 2.70 bits per heavy atom. The molecule has 0 heterocycles. The van der Waals surface area contributed by atoms with Crippen LogP contribution in [0, 0.1) is 5.82 Å². The molecule has 0 bridgehead atoms. The van der Waals surface area contributed by atoms with Gasteiger partial charge < -0.3 is 10.5 Å². The summed E-state index contributed by atoms with van der Waals surface area (Å²) in [7, 11) is 0. The van der Waals surface area contributed by atoms with Crippen molar-refractivity contribution in [1.29, 1.82) is 0 Å². The first-order chi connectivity index (χ1) is 9.56. The van der Waals surface area contributed by atoms with Gasteiger partial charge in [-0.3, -0.25) is 0 Å². The molecule has 0 aliphatic heterocycles. The number of benzene rings is 2. The molecular weight excluding hydrogens is 320 g/mol. The highest BCUT2D eigenvalue weighted by Crippen LogP contribution is 2.29. The van der Waals surface area contributed by atoms with Gasteiger partial charge in [-0.15, -0.1) is 11.8 Å². The molecule has 2 aromatic carbocycles. The molecule has 2 N–H and O–H groups in total. The second kappa shape index (κ2) is 7.07. The van der Waals surface area contributed by atoms with Crippen molar-refractivity contribution in [2.75, 3.05) is 18.1 Å². The monoisotopic (exact) mass is 331 g/mol. The highest BCUT2D eigenvalue weighted by atomic mass is 35.5. The molecule has 106 valence electrons. The van der Waals surface area contributed by atoms with Gasteiger partial charge in [0.25, 0.3) is 0 Å². The van der Waals surface area contributed by atoms with Crippen LogP contribution in [-0.4, -0.2) is 12.4 Å². The van der Waals surface area contributed by atoms with Crippen LogP contribution in [0.2, 0.25) is 10.0 Å². The van der Waals surface area contributed by atoms with Crippen LogP contribution in [-0.2, 0) is 0 Å². The van der Waals surface area contributed by atoms with E-state index in [-0.39, 0.29) is 5.82 Å². The Morgan fingerprint density at radius 2 is 1.95 bits per heavy atom. The van der Waals surface area contributed by atoms with E-state index >= 15 is 0 Å². The summed E-state index contributed by atoms with van der Waals surface area (Å²) >= 11 is 13.2. The lowest BCUT2D eigenvalue weighted by Gasteiger charge is -2.09. The topological polar surface area (TPSA) is 35.2 Å². The Bertz CT molecular complexity index is 610. The van der Waals surface area contributed by atoms with Crippen LogP contribution in [0.15, 0.2) is 41.3 Å². The van der Waals surface area contributed by atoms with Crippen molar-refractivity contribution >= 4 is 40.7 Å². The third-order valence-electron chi connectivity index (χ3n) is 2.47. The van der Waals surface area contributed by atoms with Crippen molar-refractivity contribution in [2.45, 2.75) is 4.90 Å². The van der Waals surface area contributed by atoms with Crippen molar-refractivity contribution < 1.29 is 9.13 Å². The maximum absolute atomic E-state index is 13.1. The van der Waals surface area contributed by atoms with Gasteiger partial charge in [0.2, 0.25) is 0 Å². The number of nitrogens with two attached hydrogens (primary N) is 1. The molecule has 0 aromatic heterocycles. The predicted molar refractivity (Wildman–Crippen MR) is 83.5 cm³/mol. The molecular formula is C14H12Cl2FNOS. The number of hydrogen-bond donors (Lipinski definition) is 1. The number of halogens is 3. The van der Waals surface area contributed by atoms with Gasteiger partial charge in [0.1, 0.15) is 11.6 Å². The molecule has 0 spiro atoms. The van der Waals surface area contributed by atoms with Crippen molar-refractivity contribution in [3.05, 3.63) is 52.3 Å². The molecule has 0 saturated heterocycles. The minimum Gasteiger partial charge on any atom is -0.491 e. The minimum absolute atomic E-state index is 0.302. The van der Waals surface area contributed by atoms with Crippen LogP contribution in [0.5, 0.6) is 5.75 Å². The minimum atomic E-state index is -0.302. The molecule has 0 radical (unpaired) electrons. The van der Waals surface area contributed by atoms with E-state index in [4.69, 9.17) is 33.7 Å². The van der Waals surface area contributed by atoms with E-state index in [1.807, 2.05) is 0 Å². The largest absolute Gasteiger partial charge is 0.491 e. The maximum Gasteiger partial charge on any atom is 0.138 e. The molecule has 2 nitrogen and oxygen atoms in total. The average Bonchev–Trinajstić information content (AvgIpc) is 2.40. The van der Waals surface area contributed by atoms with Crippen LogP contribution >= 0.6 is 35.0 Å². The van der Waals surface area contributed by atoms with Crippen molar-refractivity contribution in [1.82, 2.24) is 0 Å². The summed E-state index contributed by atoms with van der Waals surface area (Å²) in [4.78, 5) is 0.704. The first-order valence-corrected chi connectivity index (χ1v) is 7.56. The fourth-order valence-electron chi connectivity index (χ4n) is 1.53. The van der Waals surface area contributed by atoms with Crippen molar-refractivity contribution in [3.63, 3.8) is 0 Å². The lowest BCUT2D eigenvalue weighted by atomic mass is 10.3. The normalized spacial score (nSPS) is 10.6. The Kier molecular flexibility index (Phi) is 5.40. The molecule has 0 fully saturated rings. The first kappa shape index (κ1) is 15.3. The van der Waals surface area contributed by atoms with Crippen LogP contribution in [0.3, 0.4) is 0 Å². The summed E-state index contributed by atoms with van der Waals surface area (Å²) in [5, 5.41) is 1.03. The van der Waals surface area contributed by atoms with E-state index in [1.165, 1.54) is 23.9 Å². The SMILES string of the molecule is Nc1ccc(F)cc1SCCOc1ccc(Cl)cc1Cl. The van der Waals surface area contributed by atoms with Crippen LogP contribution in [0.1, 0.15) is 0 Å². The van der Waals surface area contributed by atoms with E-state index in [1.54, 1.807) is 24.3 Å². The van der Waals surface area contributed by atoms with Crippen LogP contribution in [0.25, 0.3) is 0 Å². The standard InChI is InChI=1S/C14H12Cl2FNOS/c15-9-1-4-13(11(16)7-9)19-5-6-20-14-8-10(17)2-3-12(14)18/h1-4,7-8H,5-6,18H2. The summed E-state index contributed by atoms with van der Waals surface area (Å²) in [5.41, 5.74) is 6.32. The van der Waals surface area contributed by atoms with E-state index < -0.39 is 0 Å². The molecule has 6 heteroatoms. The molecule has 0 amide bonds. The Balaban J connectivity index is 1.86. The number of anilines is 1. The van der Waals surface area contributed by atoms with E-state index in [2.05, 4.69) is 0 Å². The molecule has 0 atom stereocenters. The highest BCUT2D eigenvalue weighted by Gasteiger charge is 2.04. The fraction of sp³-hybridized carbons (Fsp3) is 0.143. The molecule has 0 saturated carbocycles. The van der Waals surface area contributed by atoms with Gasteiger partial charge in [0, 0.05) is 21.4 Å². The second-order valence-corrected chi connectivity index (χ2v) is 5.93.